The Hall–Kier alpha value is -2.63. The first-order valence-electron chi connectivity index (χ1n) is 14.4. The van der Waals surface area contributed by atoms with Gasteiger partial charge in [-0.05, 0) is 124 Å². The van der Waals surface area contributed by atoms with Crippen LogP contribution in [0.4, 0.5) is 0 Å². The maximum absolute atomic E-state index is 6.51. The van der Waals surface area contributed by atoms with E-state index in [2.05, 4.69) is 130 Å². The fraction of sp³-hybridized carbons (Fsp3) is 0.412. The van der Waals surface area contributed by atoms with E-state index in [1.165, 1.54) is 33.0 Å². The molecule has 2 aliphatic rings. The van der Waals surface area contributed by atoms with Gasteiger partial charge in [-0.15, -0.1) is 0 Å². The van der Waals surface area contributed by atoms with Gasteiger partial charge in [0.1, 0.15) is 0 Å². The lowest BCUT2D eigenvalue weighted by Gasteiger charge is -2.32. The van der Waals surface area contributed by atoms with Crippen LogP contribution < -0.4 is 10.9 Å². The molecule has 0 saturated carbocycles. The van der Waals surface area contributed by atoms with Gasteiger partial charge in [0.25, 0.3) is 0 Å². The Morgan fingerprint density at radius 1 is 0.450 bits per heavy atom. The van der Waals surface area contributed by atoms with E-state index in [1.807, 2.05) is 0 Å². The predicted octanol–water partition coefficient (Wildman–Crippen LogP) is 6.88. The van der Waals surface area contributed by atoms with Crippen LogP contribution in [0.3, 0.4) is 0 Å². The topological polar surface area (TPSA) is 36.9 Å². The molecule has 0 unspecified atom stereocenters. The Bertz CT molecular complexity index is 1500. The minimum atomic E-state index is -0.425. The zero-order valence-corrected chi connectivity index (χ0v) is 25.6. The molecular formula is C34H40B2O4. The molecule has 0 aliphatic carbocycles. The van der Waals surface area contributed by atoms with Crippen molar-refractivity contribution in [1.29, 1.82) is 0 Å². The average Bonchev–Trinajstić information content (AvgIpc) is 3.23. The highest BCUT2D eigenvalue weighted by Crippen LogP contribution is 2.42. The third-order valence-corrected chi connectivity index (χ3v) is 9.81. The number of hydrogen-bond acceptors (Lipinski definition) is 4. The summed E-state index contributed by atoms with van der Waals surface area (Å²) < 4.78 is 26.0. The van der Waals surface area contributed by atoms with Crippen LogP contribution >= 0.6 is 0 Å². The van der Waals surface area contributed by atoms with Gasteiger partial charge in [-0.2, -0.15) is 0 Å². The van der Waals surface area contributed by atoms with Crippen molar-refractivity contribution in [2.75, 3.05) is 0 Å². The van der Waals surface area contributed by atoms with Crippen molar-refractivity contribution in [3.05, 3.63) is 71.8 Å². The lowest BCUT2D eigenvalue weighted by Crippen LogP contribution is -2.41. The molecule has 4 aromatic carbocycles. The third kappa shape index (κ3) is 4.07. The van der Waals surface area contributed by atoms with Crippen molar-refractivity contribution < 1.29 is 18.6 Å². The van der Waals surface area contributed by atoms with Gasteiger partial charge in [0.2, 0.25) is 0 Å². The Morgan fingerprint density at radius 3 is 1.02 bits per heavy atom. The summed E-state index contributed by atoms with van der Waals surface area (Å²) in [7, 11) is -0.850. The van der Waals surface area contributed by atoms with Crippen LogP contribution in [0.5, 0.6) is 0 Å². The number of hydrogen-bond donors (Lipinski definition) is 0. The second-order valence-corrected chi connectivity index (χ2v) is 13.6. The summed E-state index contributed by atoms with van der Waals surface area (Å²) >= 11 is 0. The summed E-state index contributed by atoms with van der Waals surface area (Å²) in [5, 5.41) is 4.70. The summed E-state index contributed by atoms with van der Waals surface area (Å²) in [6.45, 7) is 21.2. The first kappa shape index (κ1) is 27.5. The zero-order chi connectivity index (χ0) is 28.8. The lowest BCUT2D eigenvalue weighted by atomic mass is 9.71. The SMILES string of the molecule is Cc1cc(B2OC(C)(C)C(C)(C)O2)c2ccccc2c1-c1c(C)cc(B2OC(C)(C)C(C)(C)O2)c2ccccc12. The standard InChI is InChI=1S/C34H40B2O4/c1-21-19-27(35-37-31(3,4)32(5,6)38-35)23-15-11-13-17-25(23)29(21)30-22(2)20-28(24-16-12-14-18-26(24)30)36-39-33(7,8)34(9,10)40-36/h11-20H,1-10H3. The van der Waals surface area contributed by atoms with E-state index in [0.29, 0.717) is 0 Å². The molecule has 0 bridgehead atoms. The van der Waals surface area contributed by atoms with E-state index in [1.54, 1.807) is 0 Å². The second kappa shape index (κ2) is 8.93. The van der Waals surface area contributed by atoms with E-state index >= 15 is 0 Å². The van der Waals surface area contributed by atoms with E-state index < -0.39 is 36.6 Å². The summed E-state index contributed by atoms with van der Waals surface area (Å²) in [5.74, 6) is 0. The maximum atomic E-state index is 6.51. The molecule has 6 rings (SSSR count). The van der Waals surface area contributed by atoms with E-state index in [-0.39, 0.29) is 0 Å². The van der Waals surface area contributed by atoms with Crippen LogP contribution in [0.1, 0.15) is 66.5 Å². The zero-order valence-electron chi connectivity index (χ0n) is 25.6. The third-order valence-electron chi connectivity index (χ3n) is 9.81. The van der Waals surface area contributed by atoms with Crippen molar-refractivity contribution in [3.63, 3.8) is 0 Å². The Labute approximate surface area is 239 Å². The van der Waals surface area contributed by atoms with Gasteiger partial charge < -0.3 is 18.6 Å². The Kier molecular flexibility index (Phi) is 6.15. The number of aryl methyl sites for hydroxylation is 2. The van der Waals surface area contributed by atoms with E-state index in [9.17, 15) is 0 Å². The molecule has 2 fully saturated rings. The van der Waals surface area contributed by atoms with Crippen LogP contribution in [0.15, 0.2) is 60.7 Å². The smallest absolute Gasteiger partial charge is 0.399 e. The van der Waals surface area contributed by atoms with Gasteiger partial charge in [-0.25, -0.2) is 0 Å². The van der Waals surface area contributed by atoms with Gasteiger partial charge in [0.15, 0.2) is 0 Å². The molecular weight excluding hydrogens is 494 g/mol. The number of fused-ring (bicyclic) bond motifs is 2. The Balaban J connectivity index is 1.56. The molecule has 0 atom stereocenters. The first-order valence-corrected chi connectivity index (χ1v) is 14.4. The molecule has 206 valence electrons. The average molecular weight is 534 g/mol. The Morgan fingerprint density at radius 2 is 0.725 bits per heavy atom. The molecule has 6 heteroatoms. The van der Waals surface area contributed by atoms with Crippen molar-refractivity contribution in [1.82, 2.24) is 0 Å². The largest absolute Gasteiger partial charge is 0.495 e. The molecule has 2 heterocycles. The van der Waals surface area contributed by atoms with E-state index in [4.69, 9.17) is 18.6 Å². The summed E-state index contributed by atoms with van der Waals surface area (Å²) in [4.78, 5) is 0. The molecule has 4 aromatic rings. The van der Waals surface area contributed by atoms with Gasteiger partial charge >= 0.3 is 14.2 Å². The van der Waals surface area contributed by atoms with Gasteiger partial charge in [-0.3, -0.25) is 0 Å². The minimum Gasteiger partial charge on any atom is -0.399 e. The normalized spacial score (nSPS) is 21.1. The number of rotatable bonds is 3. The molecule has 0 spiro atoms. The van der Waals surface area contributed by atoms with Crippen molar-refractivity contribution in [2.45, 2.75) is 91.6 Å². The maximum Gasteiger partial charge on any atom is 0.495 e. The number of benzene rings is 4. The summed E-state index contributed by atoms with van der Waals surface area (Å²) in [5.41, 5.74) is 5.42. The monoisotopic (exact) mass is 534 g/mol. The highest BCUT2D eigenvalue weighted by Gasteiger charge is 2.53. The molecule has 2 aliphatic heterocycles. The minimum absolute atomic E-state index is 0.401. The van der Waals surface area contributed by atoms with Crippen molar-refractivity contribution >= 4 is 46.7 Å². The molecule has 0 amide bonds. The van der Waals surface area contributed by atoms with Crippen LogP contribution in [0.2, 0.25) is 0 Å². The lowest BCUT2D eigenvalue weighted by molar-refractivity contribution is 0.00578. The van der Waals surface area contributed by atoms with Crippen molar-refractivity contribution in [3.8, 4) is 11.1 Å². The van der Waals surface area contributed by atoms with Crippen LogP contribution in [-0.4, -0.2) is 36.6 Å². The van der Waals surface area contributed by atoms with Crippen LogP contribution in [0.25, 0.3) is 32.7 Å². The van der Waals surface area contributed by atoms with Gasteiger partial charge in [-0.1, -0.05) is 60.7 Å². The molecule has 4 nitrogen and oxygen atoms in total. The fourth-order valence-electron chi connectivity index (χ4n) is 6.09. The summed E-state index contributed by atoms with van der Waals surface area (Å²) in [6.07, 6.45) is 0. The molecule has 40 heavy (non-hydrogen) atoms. The highest BCUT2D eigenvalue weighted by atomic mass is 16.7. The molecule has 0 N–H and O–H groups in total. The molecule has 0 aromatic heterocycles. The van der Waals surface area contributed by atoms with Crippen LogP contribution in [0, 0.1) is 13.8 Å². The highest BCUT2D eigenvalue weighted by molar-refractivity contribution is 6.66. The predicted molar refractivity (Wildman–Crippen MR) is 168 cm³/mol. The molecule has 2 saturated heterocycles. The van der Waals surface area contributed by atoms with Gasteiger partial charge in [0, 0.05) is 0 Å². The first-order chi connectivity index (χ1) is 18.6. The van der Waals surface area contributed by atoms with Crippen molar-refractivity contribution in [2.24, 2.45) is 0 Å². The second-order valence-electron chi connectivity index (χ2n) is 13.6. The fourth-order valence-corrected chi connectivity index (χ4v) is 6.09. The van der Waals surface area contributed by atoms with E-state index in [0.717, 1.165) is 21.7 Å². The molecule has 0 radical (unpaired) electrons. The summed E-state index contributed by atoms with van der Waals surface area (Å²) in [6, 6.07) is 21.8. The van der Waals surface area contributed by atoms with Gasteiger partial charge in [0.05, 0.1) is 22.4 Å². The van der Waals surface area contributed by atoms with Crippen LogP contribution in [-0.2, 0) is 18.6 Å². The quantitative estimate of drug-likeness (QED) is 0.269.